The van der Waals surface area contributed by atoms with Gasteiger partial charge in [0.05, 0.1) is 6.10 Å². The number of nitrogens with two attached hydrogens (primary N) is 1. The van der Waals surface area contributed by atoms with Crippen molar-refractivity contribution in [3.8, 4) is 0 Å². The number of nitrogens with zero attached hydrogens (tertiary/aromatic N) is 1. The van der Waals surface area contributed by atoms with Crippen molar-refractivity contribution in [2.24, 2.45) is 5.73 Å². The Hall–Kier alpha value is -2.94. The lowest BCUT2D eigenvalue weighted by Gasteiger charge is -2.28. The van der Waals surface area contributed by atoms with Crippen LogP contribution in [0.1, 0.15) is 24.8 Å². The molecule has 2 fully saturated rings. The second kappa shape index (κ2) is 8.39. The highest BCUT2D eigenvalue weighted by Crippen LogP contribution is 2.20. The molecule has 1 aromatic carbocycles. The third-order valence-electron chi connectivity index (χ3n) is 5.10. The molecule has 4 amide bonds. The van der Waals surface area contributed by atoms with Gasteiger partial charge in [0.1, 0.15) is 18.1 Å². The second-order valence-electron chi connectivity index (χ2n) is 7.21. The van der Waals surface area contributed by atoms with Crippen LogP contribution in [0.15, 0.2) is 30.3 Å². The zero-order valence-corrected chi connectivity index (χ0v) is 15.3. The fourth-order valence-corrected chi connectivity index (χ4v) is 3.66. The van der Waals surface area contributed by atoms with E-state index in [0.29, 0.717) is 6.42 Å². The van der Waals surface area contributed by atoms with Gasteiger partial charge in [-0.05, 0) is 12.0 Å². The van der Waals surface area contributed by atoms with E-state index in [1.807, 2.05) is 30.3 Å². The van der Waals surface area contributed by atoms with Crippen LogP contribution in [0.2, 0.25) is 0 Å². The molecule has 2 aliphatic rings. The Morgan fingerprint density at radius 1 is 1.29 bits per heavy atom. The summed E-state index contributed by atoms with van der Waals surface area (Å²) >= 11 is 0. The summed E-state index contributed by atoms with van der Waals surface area (Å²) in [7, 11) is 0. The number of carbonyl (C=O) groups excluding carboxylic acids is 4. The number of carbonyl (C=O) groups is 4. The standard InChI is InChI=1S/C19H24N4O5/c20-17(26)15-9-12(24)10-23(15)19(28)14(8-11-4-2-1-3-5-11)22-18(27)13-6-7-16(25)21-13/h1-5,12-15,24H,6-10H2,(H2,20,26)(H,21,25)(H,22,27). The fraction of sp³-hybridized carbons (Fsp3) is 0.474. The maximum absolute atomic E-state index is 13.1. The SMILES string of the molecule is NC(=O)C1CC(O)CN1C(=O)C(Cc1ccccc1)NC(=O)C1CCC(=O)N1. The lowest BCUT2D eigenvalue weighted by molar-refractivity contribution is -0.141. The summed E-state index contributed by atoms with van der Waals surface area (Å²) in [6, 6.07) is 6.59. The van der Waals surface area contributed by atoms with Crippen molar-refractivity contribution in [1.29, 1.82) is 0 Å². The van der Waals surface area contributed by atoms with Gasteiger partial charge in [-0.15, -0.1) is 0 Å². The number of likely N-dealkylation sites (tertiary alicyclic amines) is 1. The van der Waals surface area contributed by atoms with Crippen LogP contribution >= 0.6 is 0 Å². The van der Waals surface area contributed by atoms with E-state index in [1.165, 1.54) is 4.90 Å². The predicted molar refractivity (Wildman–Crippen MR) is 98.6 cm³/mol. The highest BCUT2D eigenvalue weighted by atomic mass is 16.3. The van der Waals surface area contributed by atoms with E-state index in [-0.39, 0.29) is 31.7 Å². The van der Waals surface area contributed by atoms with Gasteiger partial charge < -0.3 is 26.4 Å². The van der Waals surface area contributed by atoms with Gasteiger partial charge in [0.15, 0.2) is 0 Å². The van der Waals surface area contributed by atoms with E-state index in [2.05, 4.69) is 10.6 Å². The zero-order chi connectivity index (χ0) is 20.3. The first kappa shape index (κ1) is 19.8. The van der Waals surface area contributed by atoms with Gasteiger partial charge in [-0.25, -0.2) is 0 Å². The molecule has 9 nitrogen and oxygen atoms in total. The molecule has 4 unspecified atom stereocenters. The number of rotatable bonds is 6. The Morgan fingerprint density at radius 3 is 2.61 bits per heavy atom. The fourth-order valence-electron chi connectivity index (χ4n) is 3.66. The Kier molecular flexibility index (Phi) is 5.93. The number of benzene rings is 1. The van der Waals surface area contributed by atoms with Gasteiger partial charge in [0, 0.05) is 25.8 Å². The number of amides is 4. The van der Waals surface area contributed by atoms with Gasteiger partial charge in [-0.3, -0.25) is 19.2 Å². The lowest BCUT2D eigenvalue weighted by Crippen LogP contribution is -2.56. The van der Waals surface area contributed by atoms with E-state index in [0.717, 1.165) is 5.56 Å². The number of β-amino-alcohol motifs (C(OH)–C–C–N with tert-alkyl or cyclic N) is 1. The summed E-state index contributed by atoms with van der Waals surface area (Å²) in [6.45, 7) is -0.0201. The van der Waals surface area contributed by atoms with Crippen LogP contribution in [0, 0.1) is 0 Å². The summed E-state index contributed by atoms with van der Waals surface area (Å²) in [6.07, 6.45) is 0.0695. The third kappa shape index (κ3) is 4.48. The molecule has 150 valence electrons. The van der Waals surface area contributed by atoms with E-state index in [1.54, 1.807) is 0 Å². The van der Waals surface area contributed by atoms with Gasteiger partial charge >= 0.3 is 0 Å². The topological polar surface area (TPSA) is 142 Å². The van der Waals surface area contributed by atoms with Crippen molar-refractivity contribution in [3.63, 3.8) is 0 Å². The average Bonchev–Trinajstić information content (AvgIpc) is 3.27. The molecule has 0 radical (unpaired) electrons. The molecule has 9 heteroatoms. The summed E-state index contributed by atoms with van der Waals surface area (Å²) in [5.74, 6) is -1.84. The molecule has 3 rings (SSSR count). The Bertz CT molecular complexity index is 769. The van der Waals surface area contributed by atoms with E-state index >= 15 is 0 Å². The second-order valence-corrected chi connectivity index (χ2v) is 7.21. The smallest absolute Gasteiger partial charge is 0.246 e. The number of nitrogens with one attached hydrogen (secondary N) is 2. The van der Waals surface area contributed by atoms with Crippen molar-refractivity contribution in [1.82, 2.24) is 15.5 Å². The molecule has 5 N–H and O–H groups in total. The summed E-state index contributed by atoms with van der Waals surface area (Å²) in [5, 5.41) is 15.2. The molecule has 28 heavy (non-hydrogen) atoms. The van der Waals surface area contributed by atoms with Crippen LogP contribution in [0.25, 0.3) is 0 Å². The van der Waals surface area contributed by atoms with E-state index < -0.39 is 42.0 Å². The number of aliphatic hydroxyl groups excluding tert-OH is 1. The Balaban J connectivity index is 1.78. The van der Waals surface area contributed by atoms with Crippen LogP contribution < -0.4 is 16.4 Å². The average molecular weight is 388 g/mol. The summed E-state index contributed by atoms with van der Waals surface area (Å²) < 4.78 is 0. The zero-order valence-electron chi connectivity index (χ0n) is 15.3. The maximum Gasteiger partial charge on any atom is 0.246 e. The number of hydrogen-bond acceptors (Lipinski definition) is 5. The largest absolute Gasteiger partial charge is 0.391 e. The van der Waals surface area contributed by atoms with Crippen molar-refractivity contribution >= 4 is 23.6 Å². The van der Waals surface area contributed by atoms with E-state index in [4.69, 9.17) is 5.73 Å². The Labute approximate surface area is 162 Å². The predicted octanol–water partition coefficient (Wildman–Crippen LogP) is -1.56. The molecule has 4 atom stereocenters. The molecule has 0 bridgehead atoms. The number of aliphatic hydroxyl groups is 1. The molecule has 2 heterocycles. The van der Waals surface area contributed by atoms with Crippen LogP contribution in [0.3, 0.4) is 0 Å². The minimum atomic E-state index is -0.945. The highest BCUT2D eigenvalue weighted by Gasteiger charge is 2.41. The van der Waals surface area contributed by atoms with Crippen molar-refractivity contribution in [2.75, 3.05) is 6.54 Å². The normalized spacial score (nSPS) is 25.2. The lowest BCUT2D eigenvalue weighted by atomic mass is 10.0. The van der Waals surface area contributed by atoms with E-state index in [9.17, 15) is 24.3 Å². The number of hydrogen-bond donors (Lipinski definition) is 4. The minimum Gasteiger partial charge on any atom is -0.391 e. The first-order chi connectivity index (χ1) is 13.3. The van der Waals surface area contributed by atoms with Crippen LogP contribution in [-0.4, -0.2) is 64.4 Å². The monoisotopic (exact) mass is 388 g/mol. The minimum absolute atomic E-state index is 0.0201. The molecular weight excluding hydrogens is 364 g/mol. The molecule has 0 spiro atoms. The van der Waals surface area contributed by atoms with Crippen LogP contribution in [-0.2, 0) is 25.6 Å². The first-order valence-corrected chi connectivity index (χ1v) is 9.26. The first-order valence-electron chi connectivity index (χ1n) is 9.26. The van der Waals surface area contributed by atoms with Gasteiger partial charge in [-0.2, -0.15) is 0 Å². The van der Waals surface area contributed by atoms with Crippen molar-refractivity contribution < 1.29 is 24.3 Å². The maximum atomic E-state index is 13.1. The number of primary amides is 1. The van der Waals surface area contributed by atoms with Gasteiger partial charge in [-0.1, -0.05) is 30.3 Å². The molecule has 2 aliphatic heterocycles. The van der Waals surface area contributed by atoms with Crippen LogP contribution in [0.4, 0.5) is 0 Å². The molecule has 2 saturated heterocycles. The Morgan fingerprint density at radius 2 is 2.00 bits per heavy atom. The highest BCUT2D eigenvalue weighted by molar-refractivity contribution is 5.95. The van der Waals surface area contributed by atoms with Crippen molar-refractivity contribution in [3.05, 3.63) is 35.9 Å². The molecule has 0 saturated carbocycles. The van der Waals surface area contributed by atoms with Gasteiger partial charge in [0.2, 0.25) is 23.6 Å². The summed E-state index contributed by atoms with van der Waals surface area (Å²) in [5.41, 5.74) is 6.20. The van der Waals surface area contributed by atoms with Gasteiger partial charge in [0.25, 0.3) is 0 Å². The molecule has 0 aromatic heterocycles. The van der Waals surface area contributed by atoms with Crippen molar-refractivity contribution in [2.45, 2.75) is 49.9 Å². The molecule has 1 aromatic rings. The summed E-state index contributed by atoms with van der Waals surface area (Å²) in [4.78, 5) is 50.0. The van der Waals surface area contributed by atoms with Crippen LogP contribution in [0.5, 0.6) is 0 Å². The quantitative estimate of drug-likeness (QED) is 0.466. The third-order valence-corrected chi connectivity index (χ3v) is 5.10. The molecule has 0 aliphatic carbocycles. The molecular formula is C19H24N4O5.